The number of halogens is 1. The summed E-state index contributed by atoms with van der Waals surface area (Å²) < 4.78 is 2.95. The molecule has 3 nitrogen and oxygen atoms in total. The molecule has 0 saturated carbocycles. The molecular formula is C14H18BrN3. The minimum atomic E-state index is 0.415. The summed E-state index contributed by atoms with van der Waals surface area (Å²) in [6, 6.07) is 8.43. The van der Waals surface area contributed by atoms with Gasteiger partial charge >= 0.3 is 0 Å². The Morgan fingerprint density at radius 1 is 1.33 bits per heavy atom. The molecule has 0 amide bonds. The fourth-order valence-corrected chi connectivity index (χ4v) is 2.36. The van der Waals surface area contributed by atoms with Gasteiger partial charge in [-0.2, -0.15) is 5.10 Å². The summed E-state index contributed by atoms with van der Waals surface area (Å²) in [5, 5.41) is 4.18. The maximum atomic E-state index is 5.88. The van der Waals surface area contributed by atoms with Crippen molar-refractivity contribution in [2.24, 2.45) is 12.8 Å². The predicted octanol–water partition coefficient (Wildman–Crippen LogP) is 2.86. The Kier molecular flexibility index (Phi) is 4.55. The first-order valence-corrected chi connectivity index (χ1v) is 6.91. The lowest BCUT2D eigenvalue weighted by atomic mass is 9.93. The highest BCUT2D eigenvalue weighted by molar-refractivity contribution is 9.10. The number of hydrogen-bond acceptors (Lipinski definition) is 2. The molecule has 2 aromatic rings. The van der Waals surface area contributed by atoms with Crippen molar-refractivity contribution in [3.63, 3.8) is 0 Å². The molecule has 0 saturated heterocycles. The molecule has 1 atom stereocenters. The van der Waals surface area contributed by atoms with E-state index in [1.54, 1.807) is 0 Å². The summed E-state index contributed by atoms with van der Waals surface area (Å²) in [7, 11) is 1.94. The average Bonchev–Trinajstić information content (AvgIpc) is 2.78. The lowest BCUT2D eigenvalue weighted by Crippen LogP contribution is -2.13. The molecule has 0 aliphatic heterocycles. The number of nitrogens with two attached hydrogens (primary N) is 1. The summed E-state index contributed by atoms with van der Waals surface area (Å²) in [6.45, 7) is 0.682. The molecule has 1 aromatic heterocycles. The molecule has 0 fully saturated rings. The summed E-state index contributed by atoms with van der Waals surface area (Å²) in [6.07, 6.45) is 6.07. The van der Waals surface area contributed by atoms with Gasteiger partial charge in [0.25, 0.3) is 0 Å². The van der Waals surface area contributed by atoms with E-state index in [9.17, 15) is 0 Å². The average molecular weight is 308 g/mol. The molecule has 96 valence electrons. The van der Waals surface area contributed by atoms with Crippen LogP contribution in [0, 0.1) is 0 Å². The second-order valence-corrected chi connectivity index (χ2v) is 5.46. The minimum Gasteiger partial charge on any atom is -0.330 e. The Balaban J connectivity index is 1.99. The zero-order valence-corrected chi connectivity index (χ0v) is 12.1. The van der Waals surface area contributed by atoms with Crippen LogP contribution in [0.2, 0.25) is 0 Å². The third-order valence-electron chi connectivity index (χ3n) is 3.17. The SMILES string of the molecule is Cn1cc(CCC(CN)c2ccc(Br)cc2)cn1. The van der Waals surface area contributed by atoms with Gasteiger partial charge in [-0.1, -0.05) is 28.1 Å². The van der Waals surface area contributed by atoms with E-state index < -0.39 is 0 Å². The van der Waals surface area contributed by atoms with Gasteiger partial charge in [0.15, 0.2) is 0 Å². The van der Waals surface area contributed by atoms with Crippen LogP contribution in [0.3, 0.4) is 0 Å². The number of nitrogens with zero attached hydrogens (tertiary/aromatic N) is 2. The van der Waals surface area contributed by atoms with Gasteiger partial charge < -0.3 is 5.73 Å². The van der Waals surface area contributed by atoms with Crippen molar-refractivity contribution in [3.8, 4) is 0 Å². The molecule has 0 bridgehead atoms. The molecular weight excluding hydrogens is 290 g/mol. The van der Waals surface area contributed by atoms with Crippen LogP contribution in [-0.4, -0.2) is 16.3 Å². The summed E-state index contributed by atoms with van der Waals surface area (Å²) >= 11 is 3.45. The second kappa shape index (κ2) is 6.16. The maximum Gasteiger partial charge on any atom is 0.0521 e. The first-order valence-electron chi connectivity index (χ1n) is 6.12. The summed E-state index contributed by atoms with van der Waals surface area (Å²) in [5.41, 5.74) is 8.46. The van der Waals surface area contributed by atoms with Crippen molar-refractivity contribution in [1.29, 1.82) is 0 Å². The van der Waals surface area contributed by atoms with Crippen LogP contribution in [0.1, 0.15) is 23.5 Å². The fraction of sp³-hybridized carbons (Fsp3) is 0.357. The van der Waals surface area contributed by atoms with Crippen LogP contribution in [-0.2, 0) is 13.5 Å². The largest absolute Gasteiger partial charge is 0.330 e. The third kappa shape index (κ3) is 3.43. The van der Waals surface area contributed by atoms with Crippen LogP contribution in [0.5, 0.6) is 0 Å². The second-order valence-electron chi connectivity index (χ2n) is 4.55. The van der Waals surface area contributed by atoms with E-state index in [1.807, 2.05) is 17.9 Å². The van der Waals surface area contributed by atoms with E-state index in [-0.39, 0.29) is 0 Å². The number of hydrogen-bond donors (Lipinski definition) is 1. The fourth-order valence-electron chi connectivity index (χ4n) is 2.10. The van der Waals surface area contributed by atoms with E-state index in [1.165, 1.54) is 11.1 Å². The number of aromatic nitrogens is 2. The molecule has 18 heavy (non-hydrogen) atoms. The first kappa shape index (κ1) is 13.3. The lowest BCUT2D eigenvalue weighted by molar-refractivity contribution is 0.633. The highest BCUT2D eigenvalue weighted by Gasteiger charge is 2.10. The van der Waals surface area contributed by atoms with E-state index in [0.717, 1.165) is 17.3 Å². The van der Waals surface area contributed by atoms with Crippen molar-refractivity contribution >= 4 is 15.9 Å². The zero-order chi connectivity index (χ0) is 13.0. The third-order valence-corrected chi connectivity index (χ3v) is 3.69. The van der Waals surface area contributed by atoms with Gasteiger partial charge in [0.05, 0.1) is 6.20 Å². The van der Waals surface area contributed by atoms with Gasteiger partial charge in [-0.15, -0.1) is 0 Å². The highest BCUT2D eigenvalue weighted by Crippen LogP contribution is 2.22. The summed E-state index contributed by atoms with van der Waals surface area (Å²) in [5.74, 6) is 0.415. The van der Waals surface area contributed by atoms with Crippen molar-refractivity contribution in [2.75, 3.05) is 6.54 Å². The Bertz CT molecular complexity index is 490. The van der Waals surface area contributed by atoms with E-state index in [0.29, 0.717) is 12.5 Å². The van der Waals surface area contributed by atoms with Gasteiger partial charge in [0.1, 0.15) is 0 Å². The number of benzene rings is 1. The quantitative estimate of drug-likeness (QED) is 0.923. The predicted molar refractivity (Wildman–Crippen MR) is 77.5 cm³/mol. The van der Waals surface area contributed by atoms with Crippen LogP contribution < -0.4 is 5.73 Å². The van der Waals surface area contributed by atoms with Crippen molar-refractivity contribution in [2.45, 2.75) is 18.8 Å². The standard InChI is InChI=1S/C14H18BrN3/c1-18-10-11(9-17-18)2-3-13(8-16)12-4-6-14(15)7-5-12/h4-7,9-10,13H,2-3,8,16H2,1H3. The van der Waals surface area contributed by atoms with Gasteiger partial charge in [-0.25, -0.2) is 0 Å². The zero-order valence-electron chi connectivity index (χ0n) is 10.5. The Labute approximate surface area is 116 Å². The molecule has 2 rings (SSSR count). The van der Waals surface area contributed by atoms with Gasteiger partial charge in [-0.3, -0.25) is 4.68 Å². The summed E-state index contributed by atoms with van der Waals surface area (Å²) in [4.78, 5) is 0. The Morgan fingerprint density at radius 2 is 2.06 bits per heavy atom. The van der Waals surface area contributed by atoms with Gasteiger partial charge in [0, 0.05) is 17.7 Å². The monoisotopic (exact) mass is 307 g/mol. The molecule has 1 unspecified atom stereocenters. The Hall–Kier alpha value is -1.13. The molecule has 1 aromatic carbocycles. The molecule has 4 heteroatoms. The molecule has 1 heterocycles. The highest BCUT2D eigenvalue weighted by atomic mass is 79.9. The molecule has 0 radical (unpaired) electrons. The van der Waals surface area contributed by atoms with Crippen molar-refractivity contribution < 1.29 is 0 Å². The molecule has 0 aliphatic carbocycles. The maximum absolute atomic E-state index is 5.88. The van der Waals surface area contributed by atoms with Crippen LogP contribution in [0.15, 0.2) is 41.1 Å². The smallest absolute Gasteiger partial charge is 0.0521 e. The van der Waals surface area contributed by atoms with Crippen molar-refractivity contribution in [3.05, 3.63) is 52.3 Å². The van der Waals surface area contributed by atoms with Crippen LogP contribution >= 0.6 is 15.9 Å². The van der Waals surface area contributed by atoms with Gasteiger partial charge in [0.2, 0.25) is 0 Å². The van der Waals surface area contributed by atoms with E-state index in [2.05, 4.69) is 51.5 Å². The van der Waals surface area contributed by atoms with Crippen LogP contribution in [0.25, 0.3) is 0 Å². The Morgan fingerprint density at radius 3 is 2.61 bits per heavy atom. The first-order chi connectivity index (χ1) is 8.69. The van der Waals surface area contributed by atoms with Gasteiger partial charge in [-0.05, 0) is 48.6 Å². The molecule has 0 spiro atoms. The van der Waals surface area contributed by atoms with Crippen molar-refractivity contribution in [1.82, 2.24) is 9.78 Å². The normalized spacial score (nSPS) is 12.6. The molecule has 2 N–H and O–H groups in total. The lowest BCUT2D eigenvalue weighted by Gasteiger charge is -2.14. The van der Waals surface area contributed by atoms with Crippen LogP contribution in [0.4, 0.5) is 0 Å². The minimum absolute atomic E-state index is 0.415. The number of rotatable bonds is 5. The van der Waals surface area contributed by atoms with E-state index in [4.69, 9.17) is 5.73 Å². The molecule has 0 aliphatic rings. The topological polar surface area (TPSA) is 43.8 Å². The van der Waals surface area contributed by atoms with E-state index >= 15 is 0 Å². The number of aryl methyl sites for hydroxylation is 2.